The first kappa shape index (κ1) is 26.5. The first-order valence-electron chi connectivity index (χ1n) is 12.9. The predicted octanol–water partition coefficient (Wildman–Crippen LogP) is 4.39. The fourth-order valence-corrected chi connectivity index (χ4v) is 4.91. The monoisotopic (exact) mass is 502 g/mol. The van der Waals surface area contributed by atoms with Crippen LogP contribution in [0.3, 0.4) is 0 Å². The van der Waals surface area contributed by atoms with E-state index in [2.05, 4.69) is 39.4 Å². The van der Waals surface area contributed by atoms with Crippen LogP contribution >= 0.6 is 0 Å². The third kappa shape index (κ3) is 6.41. The number of hydrogen-bond acceptors (Lipinski definition) is 5. The molecule has 0 saturated carbocycles. The van der Waals surface area contributed by atoms with E-state index in [0.717, 1.165) is 35.7 Å². The second-order valence-corrected chi connectivity index (χ2v) is 10.4. The summed E-state index contributed by atoms with van der Waals surface area (Å²) >= 11 is 0. The van der Waals surface area contributed by atoms with Gasteiger partial charge in [0.25, 0.3) is 0 Å². The lowest BCUT2D eigenvalue weighted by Crippen LogP contribution is -2.64. The molecule has 2 atom stereocenters. The lowest BCUT2D eigenvalue weighted by molar-refractivity contribution is -0.150. The van der Waals surface area contributed by atoms with Crippen LogP contribution in [0.5, 0.6) is 0 Å². The molecule has 1 saturated heterocycles. The number of carbonyl (C=O) groups is 2. The maximum atomic E-state index is 13.5. The summed E-state index contributed by atoms with van der Waals surface area (Å²) < 4.78 is 5.46. The van der Waals surface area contributed by atoms with Crippen molar-refractivity contribution in [3.63, 3.8) is 0 Å². The van der Waals surface area contributed by atoms with Crippen molar-refractivity contribution < 1.29 is 14.0 Å². The van der Waals surface area contributed by atoms with Crippen molar-refractivity contribution in [3.05, 3.63) is 78.1 Å². The fourth-order valence-electron chi connectivity index (χ4n) is 4.91. The SMILES string of the molecule is CC(C)C(=O)N1C(C)CN(Cc2cccc(N(C)C)c2)CC1C(=O)NCc1ccc(-c2ccco2)cc1. The topological polar surface area (TPSA) is 69.0 Å². The van der Waals surface area contributed by atoms with Crippen LogP contribution in [-0.2, 0) is 22.7 Å². The second kappa shape index (κ2) is 11.6. The fraction of sp³-hybridized carbons (Fsp3) is 0.400. The molecule has 37 heavy (non-hydrogen) atoms. The molecule has 2 unspecified atom stereocenters. The number of amides is 2. The molecule has 1 aromatic heterocycles. The first-order valence-corrected chi connectivity index (χ1v) is 12.9. The van der Waals surface area contributed by atoms with Gasteiger partial charge >= 0.3 is 0 Å². The summed E-state index contributed by atoms with van der Waals surface area (Å²) in [5.74, 6) is 0.536. The Morgan fingerprint density at radius 2 is 1.78 bits per heavy atom. The van der Waals surface area contributed by atoms with Crippen LogP contribution in [0.2, 0.25) is 0 Å². The molecule has 1 aliphatic rings. The molecule has 196 valence electrons. The Morgan fingerprint density at radius 3 is 2.43 bits per heavy atom. The highest BCUT2D eigenvalue weighted by atomic mass is 16.3. The van der Waals surface area contributed by atoms with Gasteiger partial charge in [0.2, 0.25) is 11.8 Å². The Morgan fingerprint density at radius 1 is 1.03 bits per heavy atom. The Labute approximate surface area is 220 Å². The standard InChI is InChI=1S/C30H38N4O3/c1-21(2)30(36)34-22(3)18-33(19-24-8-6-9-26(16-24)32(4)5)20-27(34)29(35)31-17-23-11-13-25(14-12-23)28-10-7-15-37-28/h6-16,21-22,27H,17-20H2,1-5H3,(H,31,35). The Hall–Kier alpha value is -3.58. The average Bonchev–Trinajstić information content (AvgIpc) is 3.42. The van der Waals surface area contributed by atoms with Crippen molar-refractivity contribution in [2.24, 2.45) is 5.92 Å². The van der Waals surface area contributed by atoms with Gasteiger partial charge in [-0.05, 0) is 42.3 Å². The molecule has 1 aliphatic heterocycles. The number of carbonyl (C=O) groups excluding carboxylic acids is 2. The summed E-state index contributed by atoms with van der Waals surface area (Å²) in [4.78, 5) is 32.8. The van der Waals surface area contributed by atoms with Gasteiger partial charge in [-0.1, -0.05) is 50.2 Å². The first-order chi connectivity index (χ1) is 17.7. The number of piperazine rings is 1. The van der Waals surface area contributed by atoms with Crippen molar-refractivity contribution >= 4 is 17.5 Å². The van der Waals surface area contributed by atoms with Crippen LogP contribution in [0, 0.1) is 5.92 Å². The maximum Gasteiger partial charge on any atom is 0.244 e. The Balaban J connectivity index is 1.46. The van der Waals surface area contributed by atoms with E-state index in [1.54, 1.807) is 11.2 Å². The summed E-state index contributed by atoms with van der Waals surface area (Å²) in [6, 6.07) is 19.6. The second-order valence-electron chi connectivity index (χ2n) is 10.4. The molecule has 0 spiro atoms. The Bertz CT molecular complexity index is 1190. The zero-order valence-electron chi connectivity index (χ0n) is 22.5. The normalized spacial score (nSPS) is 18.2. The van der Waals surface area contributed by atoms with Crippen molar-refractivity contribution in [1.29, 1.82) is 0 Å². The lowest BCUT2D eigenvalue weighted by Gasteiger charge is -2.45. The van der Waals surface area contributed by atoms with E-state index >= 15 is 0 Å². The van der Waals surface area contributed by atoms with Crippen LogP contribution in [0.4, 0.5) is 5.69 Å². The summed E-state index contributed by atoms with van der Waals surface area (Å²) in [5, 5.41) is 3.09. The smallest absolute Gasteiger partial charge is 0.244 e. The molecule has 2 amide bonds. The number of nitrogens with zero attached hydrogens (tertiary/aromatic N) is 3. The van der Waals surface area contributed by atoms with E-state index in [0.29, 0.717) is 13.1 Å². The summed E-state index contributed by atoms with van der Waals surface area (Å²) in [6.45, 7) is 8.18. The number of nitrogens with one attached hydrogen (secondary N) is 1. The molecule has 0 aliphatic carbocycles. The quantitative estimate of drug-likeness (QED) is 0.495. The van der Waals surface area contributed by atoms with Crippen LogP contribution in [0.1, 0.15) is 31.9 Å². The van der Waals surface area contributed by atoms with Gasteiger partial charge in [-0.25, -0.2) is 0 Å². The zero-order valence-corrected chi connectivity index (χ0v) is 22.5. The molecule has 2 heterocycles. The zero-order chi connectivity index (χ0) is 26.5. The van der Waals surface area contributed by atoms with Gasteiger partial charge in [0.05, 0.1) is 6.26 Å². The van der Waals surface area contributed by atoms with Gasteiger partial charge in [0.1, 0.15) is 11.8 Å². The highest BCUT2D eigenvalue weighted by molar-refractivity contribution is 5.89. The van der Waals surface area contributed by atoms with E-state index in [4.69, 9.17) is 4.42 Å². The average molecular weight is 503 g/mol. The number of benzene rings is 2. The van der Waals surface area contributed by atoms with Crippen LogP contribution in [0.15, 0.2) is 71.3 Å². The molecule has 7 nitrogen and oxygen atoms in total. The molecule has 2 aromatic carbocycles. The number of hydrogen-bond donors (Lipinski definition) is 1. The van der Waals surface area contributed by atoms with Crippen LogP contribution < -0.4 is 10.2 Å². The minimum absolute atomic E-state index is 0.0182. The van der Waals surface area contributed by atoms with Gasteiger partial charge in [0.15, 0.2) is 0 Å². The van der Waals surface area contributed by atoms with Gasteiger partial charge in [-0.2, -0.15) is 0 Å². The molecular formula is C30H38N4O3. The highest BCUT2D eigenvalue weighted by Crippen LogP contribution is 2.23. The number of furan rings is 1. The van der Waals surface area contributed by atoms with Crippen LogP contribution in [0.25, 0.3) is 11.3 Å². The molecule has 3 aromatic rings. The lowest BCUT2D eigenvalue weighted by atomic mass is 10.0. The van der Waals surface area contributed by atoms with Crippen LogP contribution in [-0.4, -0.2) is 60.9 Å². The third-order valence-electron chi connectivity index (χ3n) is 6.87. The van der Waals surface area contributed by atoms with Gasteiger partial charge in [-0.15, -0.1) is 0 Å². The van der Waals surface area contributed by atoms with Crippen molar-refractivity contribution in [1.82, 2.24) is 15.1 Å². The van der Waals surface area contributed by atoms with E-state index in [-0.39, 0.29) is 23.8 Å². The predicted molar refractivity (Wildman–Crippen MR) is 147 cm³/mol. The molecule has 1 fully saturated rings. The minimum Gasteiger partial charge on any atom is -0.464 e. The summed E-state index contributed by atoms with van der Waals surface area (Å²) in [6.07, 6.45) is 1.65. The number of anilines is 1. The van der Waals surface area contributed by atoms with Crippen molar-refractivity contribution in [3.8, 4) is 11.3 Å². The van der Waals surface area contributed by atoms with Crippen molar-refractivity contribution in [2.75, 3.05) is 32.1 Å². The molecule has 1 N–H and O–H groups in total. The minimum atomic E-state index is -0.543. The third-order valence-corrected chi connectivity index (χ3v) is 6.87. The summed E-state index contributed by atoms with van der Waals surface area (Å²) in [5.41, 5.74) is 4.32. The van der Waals surface area contributed by atoms with E-state index < -0.39 is 6.04 Å². The Kier molecular flexibility index (Phi) is 8.34. The van der Waals surface area contributed by atoms with E-state index in [9.17, 15) is 9.59 Å². The van der Waals surface area contributed by atoms with Gasteiger partial charge in [0, 0.05) is 63.5 Å². The van der Waals surface area contributed by atoms with E-state index in [1.807, 2.05) is 71.3 Å². The molecule has 7 heteroatoms. The maximum absolute atomic E-state index is 13.5. The van der Waals surface area contributed by atoms with E-state index in [1.165, 1.54) is 5.56 Å². The van der Waals surface area contributed by atoms with Gasteiger partial charge < -0.3 is 19.5 Å². The molecule has 0 radical (unpaired) electrons. The van der Waals surface area contributed by atoms with Gasteiger partial charge in [-0.3, -0.25) is 14.5 Å². The summed E-state index contributed by atoms with van der Waals surface area (Å²) in [7, 11) is 4.06. The largest absolute Gasteiger partial charge is 0.464 e. The molecular weight excluding hydrogens is 464 g/mol. The molecule has 0 bridgehead atoms. The van der Waals surface area contributed by atoms with Crippen molar-refractivity contribution in [2.45, 2.75) is 45.9 Å². The number of rotatable bonds is 8. The highest BCUT2D eigenvalue weighted by Gasteiger charge is 2.39. The molecule has 4 rings (SSSR count).